The number of rotatable bonds is 2. The predicted molar refractivity (Wildman–Crippen MR) is 97.0 cm³/mol. The van der Waals surface area contributed by atoms with Gasteiger partial charge in [0.05, 0.1) is 0 Å². The van der Waals surface area contributed by atoms with E-state index in [9.17, 15) is 10.2 Å². The van der Waals surface area contributed by atoms with Crippen LogP contribution in [0.15, 0.2) is 72.8 Å². The maximum absolute atomic E-state index is 9.99. The van der Waals surface area contributed by atoms with Gasteiger partial charge in [-0.05, 0) is 64.6 Å². The second-order valence-electron chi connectivity index (χ2n) is 6.20. The summed E-state index contributed by atoms with van der Waals surface area (Å²) in [7, 11) is 0. The maximum Gasteiger partial charge on any atom is 0.115 e. The number of phenolic OH excluding ortho intramolecular Hbond substituents is 2. The fourth-order valence-electron chi connectivity index (χ4n) is 3.66. The zero-order valence-electron chi connectivity index (χ0n) is 13.4. The molecule has 0 radical (unpaired) electrons. The van der Waals surface area contributed by atoms with Crippen molar-refractivity contribution in [2.24, 2.45) is 0 Å². The van der Waals surface area contributed by atoms with Gasteiger partial charge in [0.25, 0.3) is 0 Å². The lowest BCUT2D eigenvalue weighted by Crippen LogP contribution is -2.01. The lowest BCUT2D eigenvalue weighted by atomic mass is 9.85. The average molecular weight is 314 g/mol. The first-order valence-electron chi connectivity index (χ1n) is 8.03. The van der Waals surface area contributed by atoms with Crippen molar-refractivity contribution in [3.05, 3.63) is 95.1 Å². The van der Waals surface area contributed by atoms with E-state index in [1.807, 2.05) is 42.5 Å². The van der Waals surface area contributed by atoms with Crippen LogP contribution in [0.4, 0.5) is 0 Å². The Bertz CT molecular complexity index is 922. The van der Waals surface area contributed by atoms with Gasteiger partial charge in [0, 0.05) is 5.92 Å². The fourth-order valence-corrected chi connectivity index (χ4v) is 3.66. The molecule has 1 aliphatic carbocycles. The molecule has 0 saturated heterocycles. The van der Waals surface area contributed by atoms with E-state index in [0.717, 1.165) is 11.1 Å². The third-order valence-corrected chi connectivity index (χ3v) is 4.75. The van der Waals surface area contributed by atoms with Crippen LogP contribution in [0.3, 0.4) is 0 Å². The Balaban J connectivity index is 1.96. The summed E-state index contributed by atoms with van der Waals surface area (Å²) in [5.74, 6) is 0.633. The van der Waals surface area contributed by atoms with Crippen molar-refractivity contribution in [2.45, 2.75) is 12.8 Å². The summed E-state index contributed by atoms with van der Waals surface area (Å²) in [6, 6.07) is 23.3. The number of phenols is 2. The number of hydrogen-bond donors (Lipinski definition) is 2. The first-order valence-corrected chi connectivity index (χ1v) is 8.03. The van der Waals surface area contributed by atoms with Crippen molar-refractivity contribution < 1.29 is 10.2 Å². The minimum Gasteiger partial charge on any atom is -0.508 e. The molecule has 2 nitrogen and oxygen atoms in total. The van der Waals surface area contributed by atoms with Crippen LogP contribution in [0.1, 0.15) is 35.1 Å². The van der Waals surface area contributed by atoms with Crippen LogP contribution in [-0.2, 0) is 0 Å². The number of hydrogen-bond acceptors (Lipinski definition) is 2. The van der Waals surface area contributed by atoms with Crippen molar-refractivity contribution in [2.75, 3.05) is 0 Å². The Morgan fingerprint density at radius 1 is 0.750 bits per heavy atom. The van der Waals surface area contributed by atoms with Crippen LogP contribution in [-0.4, -0.2) is 10.2 Å². The summed E-state index contributed by atoms with van der Waals surface area (Å²) in [5.41, 5.74) is 7.02. The van der Waals surface area contributed by atoms with E-state index >= 15 is 0 Å². The highest BCUT2D eigenvalue weighted by Gasteiger charge is 2.31. The summed E-state index contributed by atoms with van der Waals surface area (Å²) >= 11 is 0. The van der Waals surface area contributed by atoms with Gasteiger partial charge in [-0.1, -0.05) is 48.5 Å². The van der Waals surface area contributed by atoms with Crippen LogP contribution in [0, 0.1) is 0 Å². The molecule has 0 spiro atoms. The third kappa shape index (κ3) is 2.28. The maximum atomic E-state index is 9.99. The van der Waals surface area contributed by atoms with E-state index < -0.39 is 0 Å². The molecule has 3 aromatic rings. The Labute approximate surface area is 141 Å². The predicted octanol–water partition coefficient (Wildman–Crippen LogP) is 5.17. The van der Waals surface area contributed by atoms with Crippen molar-refractivity contribution in [1.29, 1.82) is 0 Å². The molecule has 0 aromatic heterocycles. The van der Waals surface area contributed by atoms with Crippen molar-refractivity contribution in [3.8, 4) is 11.5 Å². The average Bonchev–Trinajstić information content (AvgIpc) is 2.88. The Kier molecular flexibility index (Phi) is 3.39. The van der Waals surface area contributed by atoms with Crippen LogP contribution < -0.4 is 0 Å². The zero-order chi connectivity index (χ0) is 16.7. The molecule has 4 rings (SSSR count). The zero-order valence-corrected chi connectivity index (χ0v) is 13.4. The van der Waals surface area contributed by atoms with Crippen LogP contribution in [0.2, 0.25) is 0 Å². The van der Waals surface area contributed by atoms with Gasteiger partial charge in [-0.15, -0.1) is 0 Å². The van der Waals surface area contributed by atoms with Crippen molar-refractivity contribution >= 4 is 11.1 Å². The standard InChI is InChI=1S/C22H18O2/c1-14-19-12-11-18(24)13-20(19)22(15-5-3-2-4-6-15)21(14)16-7-9-17(23)10-8-16/h2-13,22-24H,1H3. The molecule has 1 aliphatic rings. The van der Waals surface area contributed by atoms with Crippen LogP contribution >= 0.6 is 0 Å². The molecule has 0 heterocycles. The second-order valence-corrected chi connectivity index (χ2v) is 6.20. The minimum absolute atomic E-state index is 0.0813. The molecule has 118 valence electrons. The Hall–Kier alpha value is -3.00. The third-order valence-electron chi connectivity index (χ3n) is 4.75. The van der Waals surface area contributed by atoms with Gasteiger partial charge >= 0.3 is 0 Å². The fraction of sp³-hybridized carbons (Fsp3) is 0.0909. The SMILES string of the molecule is CC1=C(c2ccc(O)cc2)C(c2ccccc2)c2cc(O)ccc21. The molecule has 1 unspecified atom stereocenters. The van der Waals surface area contributed by atoms with E-state index in [-0.39, 0.29) is 17.4 Å². The van der Waals surface area contributed by atoms with E-state index in [2.05, 4.69) is 19.1 Å². The van der Waals surface area contributed by atoms with Gasteiger partial charge in [-0.2, -0.15) is 0 Å². The molecule has 24 heavy (non-hydrogen) atoms. The molecule has 0 saturated carbocycles. The molecule has 2 heteroatoms. The summed E-state index contributed by atoms with van der Waals surface area (Å²) in [5, 5.41) is 19.6. The lowest BCUT2D eigenvalue weighted by molar-refractivity contribution is 0.474. The van der Waals surface area contributed by atoms with E-state index in [4.69, 9.17) is 0 Å². The molecule has 2 N–H and O–H groups in total. The molecule has 0 bridgehead atoms. The first kappa shape index (κ1) is 14.6. The summed E-state index contributed by atoms with van der Waals surface area (Å²) in [4.78, 5) is 0. The van der Waals surface area contributed by atoms with E-state index in [1.165, 1.54) is 22.3 Å². The highest BCUT2D eigenvalue weighted by molar-refractivity contribution is 6.00. The highest BCUT2D eigenvalue weighted by Crippen LogP contribution is 2.50. The summed E-state index contributed by atoms with van der Waals surface area (Å²) in [6.45, 7) is 2.13. The van der Waals surface area contributed by atoms with Gasteiger partial charge < -0.3 is 10.2 Å². The van der Waals surface area contributed by atoms with Crippen molar-refractivity contribution in [3.63, 3.8) is 0 Å². The van der Waals surface area contributed by atoms with E-state index in [0.29, 0.717) is 0 Å². The van der Waals surface area contributed by atoms with Gasteiger partial charge in [0.15, 0.2) is 0 Å². The number of aromatic hydroxyl groups is 2. The number of allylic oxidation sites excluding steroid dienone is 2. The lowest BCUT2D eigenvalue weighted by Gasteiger charge is -2.18. The molecule has 3 aromatic carbocycles. The summed E-state index contributed by atoms with van der Waals surface area (Å²) < 4.78 is 0. The molecule has 1 atom stereocenters. The second kappa shape index (κ2) is 5.57. The molecular weight excluding hydrogens is 296 g/mol. The van der Waals surface area contributed by atoms with Gasteiger partial charge in [0.2, 0.25) is 0 Å². The minimum atomic E-state index is 0.0813. The highest BCUT2D eigenvalue weighted by atomic mass is 16.3. The van der Waals surface area contributed by atoms with Crippen molar-refractivity contribution in [1.82, 2.24) is 0 Å². The van der Waals surface area contributed by atoms with Gasteiger partial charge in [-0.25, -0.2) is 0 Å². The normalized spacial score (nSPS) is 16.3. The van der Waals surface area contributed by atoms with E-state index in [1.54, 1.807) is 18.2 Å². The quantitative estimate of drug-likeness (QED) is 0.684. The molecule has 0 amide bonds. The number of fused-ring (bicyclic) bond motifs is 1. The Morgan fingerprint density at radius 3 is 2.12 bits per heavy atom. The van der Waals surface area contributed by atoms with Crippen LogP contribution in [0.25, 0.3) is 11.1 Å². The summed E-state index contributed by atoms with van der Waals surface area (Å²) in [6.07, 6.45) is 0. The number of benzene rings is 3. The molecule has 0 aliphatic heterocycles. The molecule has 0 fully saturated rings. The van der Waals surface area contributed by atoms with Gasteiger partial charge in [-0.3, -0.25) is 0 Å². The van der Waals surface area contributed by atoms with Gasteiger partial charge in [0.1, 0.15) is 11.5 Å². The Morgan fingerprint density at radius 2 is 1.42 bits per heavy atom. The topological polar surface area (TPSA) is 40.5 Å². The monoisotopic (exact) mass is 314 g/mol. The molecular formula is C22H18O2. The smallest absolute Gasteiger partial charge is 0.115 e. The van der Waals surface area contributed by atoms with Crippen LogP contribution in [0.5, 0.6) is 11.5 Å². The largest absolute Gasteiger partial charge is 0.508 e. The first-order chi connectivity index (χ1) is 11.6.